The molecule has 0 aliphatic carbocycles. The first kappa shape index (κ1) is 19.2. The molecular weight excluding hydrogens is 376 g/mol. The van der Waals surface area contributed by atoms with E-state index in [1.54, 1.807) is 0 Å². The van der Waals surface area contributed by atoms with Crippen molar-refractivity contribution in [3.05, 3.63) is 59.3 Å². The Morgan fingerprint density at radius 2 is 2.17 bits per heavy atom. The zero-order valence-corrected chi connectivity index (χ0v) is 17.6. The first-order valence-corrected chi connectivity index (χ1v) is 10.8. The summed E-state index contributed by atoms with van der Waals surface area (Å²) in [6, 6.07) is 6.18. The van der Waals surface area contributed by atoms with Crippen molar-refractivity contribution in [1.29, 1.82) is 0 Å². The fourth-order valence-corrected chi connectivity index (χ4v) is 5.31. The van der Waals surface area contributed by atoms with Crippen molar-refractivity contribution in [2.24, 2.45) is 0 Å². The molecule has 2 fully saturated rings. The van der Waals surface area contributed by atoms with Crippen LogP contribution < -0.4 is 5.32 Å². The Kier molecular flexibility index (Phi) is 4.77. The van der Waals surface area contributed by atoms with Gasteiger partial charge in [0.15, 0.2) is 5.65 Å². The minimum absolute atomic E-state index is 0.173. The molecule has 156 valence electrons. The van der Waals surface area contributed by atoms with E-state index in [1.807, 2.05) is 42.2 Å². The Morgan fingerprint density at radius 3 is 3.00 bits per heavy atom. The maximum atomic E-state index is 12.5. The molecule has 0 aromatic carbocycles. The lowest BCUT2D eigenvalue weighted by molar-refractivity contribution is -0.122. The van der Waals surface area contributed by atoms with Crippen molar-refractivity contribution in [1.82, 2.24) is 29.8 Å². The molecule has 5 rings (SSSR count). The van der Waals surface area contributed by atoms with E-state index < -0.39 is 0 Å². The van der Waals surface area contributed by atoms with Crippen molar-refractivity contribution in [3.8, 4) is 0 Å². The second-order valence-corrected chi connectivity index (χ2v) is 8.86. The van der Waals surface area contributed by atoms with Gasteiger partial charge in [-0.1, -0.05) is 12.5 Å². The van der Waals surface area contributed by atoms with Crippen molar-refractivity contribution >= 4 is 11.6 Å². The number of nitrogens with zero attached hydrogens (tertiary/aromatic N) is 5. The molecule has 5 heterocycles. The van der Waals surface area contributed by atoms with Gasteiger partial charge in [-0.25, -0.2) is 9.50 Å². The minimum Gasteiger partial charge on any atom is -0.349 e. The molecule has 30 heavy (non-hydrogen) atoms. The molecule has 0 bridgehead atoms. The molecule has 2 aliphatic rings. The highest BCUT2D eigenvalue weighted by Gasteiger charge is 2.48. The molecular formula is C23H28N6O. The van der Waals surface area contributed by atoms with Crippen LogP contribution in [0.3, 0.4) is 0 Å². The molecule has 2 atom stereocenters. The Balaban J connectivity index is 1.48. The zero-order valence-electron chi connectivity index (χ0n) is 17.6. The standard InChI is InChI=1S/C23H28N6O/c1-16-10-17(2)29-22(26-16)19(12-25-29)13-28-14-20(18-6-5-9-24-11-18)23(15-28)8-4-3-7-21(30)27-23/h5-6,9-12,20H,3-4,7-8,13-15H2,1-2H3,(H,27,30)/t20-,23+/m0/s1. The van der Waals surface area contributed by atoms with Crippen LogP contribution in [0.2, 0.25) is 0 Å². The van der Waals surface area contributed by atoms with E-state index in [0.29, 0.717) is 6.42 Å². The second kappa shape index (κ2) is 7.47. The summed E-state index contributed by atoms with van der Waals surface area (Å²) in [5, 5.41) is 7.98. The molecule has 7 nitrogen and oxygen atoms in total. The van der Waals surface area contributed by atoms with Crippen LogP contribution in [0.25, 0.3) is 5.65 Å². The Hall–Kier alpha value is -2.80. The highest BCUT2D eigenvalue weighted by Crippen LogP contribution is 2.41. The average Bonchev–Trinajstić information content (AvgIpc) is 3.21. The third kappa shape index (κ3) is 3.37. The summed E-state index contributed by atoms with van der Waals surface area (Å²) in [4.78, 5) is 24.1. The normalized spacial score (nSPS) is 25.0. The van der Waals surface area contributed by atoms with E-state index in [-0.39, 0.29) is 17.4 Å². The van der Waals surface area contributed by atoms with E-state index in [4.69, 9.17) is 4.98 Å². The number of carbonyl (C=O) groups is 1. The number of hydrogen-bond donors (Lipinski definition) is 1. The quantitative estimate of drug-likeness (QED) is 0.727. The summed E-state index contributed by atoms with van der Waals surface area (Å²) in [6.45, 7) is 6.57. The molecule has 0 unspecified atom stereocenters. The Labute approximate surface area is 176 Å². The third-order valence-corrected chi connectivity index (χ3v) is 6.61. The molecule has 1 spiro atoms. The predicted molar refractivity (Wildman–Crippen MR) is 114 cm³/mol. The van der Waals surface area contributed by atoms with Gasteiger partial charge in [0.05, 0.1) is 11.7 Å². The number of aryl methyl sites for hydroxylation is 2. The monoisotopic (exact) mass is 404 g/mol. The van der Waals surface area contributed by atoms with Gasteiger partial charge in [0.2, 0.25) is 5.91 Å². The summed E-state index contributed by atoms with van der Waals surface area (Å²) in [6.07, 6.45) is 9.35. The summed E-state index contributed by atoms with van der Waals surface area (Å²) in [5.74, 6) is 0.402. The third-order valence-electron chi connectivity index (χ3n) is 6.61. The lowest BCUT2D eigenvalue weighted by atomic mass is 9.79. The van der Waals surface area contributed by atoms with Gasteiger partial charge in [0.1, 0.15) is 0 Å². The molecule has 0 radical (unpaired) electrons. The highest BCUT2D eigenvalue weighted by molar-refractivity contribution is 5.77. The summed E-state index contributed by atoms with van der Waals surface area (Å²) in [7, 11) is 0. The number of likely N-dealkylation sites (tertiary alicyclic amines) is 1. The first-order valence-electron chi connectivity index (χ1n) is 10.8. The maximum Gasteiger partial charge on any atom is 0.220 e. The van der Waals surface area contributed by atoms with E-state index in [9.17, 15) is 4.79 Å². The van der Waals surface area contributed by atoms with E-state index in [2.05, 4.69) is 33.3 Å². The van der Waals surface area contributed by atoms with Gasteiger partial charge in [-0.15, -0.1) is 0 Å². The van der Waals surface area contributed by atoms with E-state index >= 15 is 0 Å². The van der Waals surface area contributed by atoms with Gasteiger partial charge in [-0.05, 0) is 44.4 Å². The topological polar surface area (TPSA) is 75.4 Å². The lowest BCUT2D eigenvalue weighted by Gasteiger charge is -2.35. The smallest absolute Gasteiger partial charge is 0.220 e. The summed E-state index contributed by atoms with van der Waals surface area (Å²) < 4.78 is 1.92. The predicted octanol–water partition coefficient (Wildman–Crippen LogP) is 2.77. The summed E-state index contributed by atoms with van der Waals surface area (Å²) in [5.41, 5.74) is 5.11. The van der Waals surface area contributed by atoms with E-state index in [0.717, 1.165) is 61.5 Å². The SMILES string of the molecule is Cc1cc(C)n2ncc(CN3C[C@@H](c4cccnc4)[C@@]4(CCCCC(=O)N4)C3)c2n1. The molecule has 1 N–H and O–H groups in total. The minimum atomic E-state index is -0.237. The van der Waals surface area contributed by atoms with Gasteiger partial charge in [0.25, 0.3) is 0 Å². The van der Waals surface area contributed by atoms with Crippen molar-refractivity contribution < 1.29 is 4.79 Å². The lowest BCUT2D eigenvalue weighted by Crippen LogP contribution is -2.52. The van der Waals surface area contributed by atoms with Crippen molar-refractivity contribution in [3.63, 3.8) is 0 Å². The fourth-order valence-electron chi connectivity index (χ4n) is 5.31. The number of carbonyl (C=O) groups excluding carboxylic acids is 1. The second-order valence-electron chi connectivity index (χ2n) is 8.86. The molecule has 1 amide bonds. The molecule has 3 aromatic heterocycles. The van der Waals surface area contributed by atoms with Crippen molar-refractivity contribution in [2.75, 3.05) is 13.1 Å². The molecule has 2 aliphatic heterocycles. The van der Waals surface area contributed by atoms with Gasteiger partial charge >= 0.3 is 0 Å². The number of pyridine rings is 1. The average molecular weight is 405 g/mol. The van der Waals surface area contributed by atoms with Crippen LogP contribution in [-0.4, -0.2) is 49.0 Å². The number of amides is 1. The largest absolute Gasteiger partial charge is 0.349 e. The number of rotatable bonds is 3. The van der Waals surface area contributed by atoms with Gasteiger partial charge < -0.3 is 5.32 Å². The number of fused-ring (bicyclic) bond motifs is 1. The van der Waals surface area contributed by atoms with Crippen molar-refractivity contribution in [2.45, 2.75) is 57.5 Å². The van der Waals surface area contributed by atoms with E-state index in [1.165, 1.54) is 5.56 Å². The van der Waals surface area contributed by atoms with Crippen LogP contribution in [0.15, 0.2) is 36.8 Å². The zero-order chi connectivity index (χ0) is 20.7. The van der Waals surface area contributed by atoms with Crippen LogP contribution in [0.5, 0.6) is 0 Å². The number of nitrogens with one attached hydrogen (secondary N) is 1. The molecule has 7 heteroatoms. The van der Waals surface area contributed by atoms with Crippen LogP contribution in [-0.2, 0) is 11.3 Å². The van der Waals surface area contributed by atoms with Gasteiger partial charge in [-0.2, -0.15) is 5.10 Å². The first-order chi connectivity index (χ1) is 14.5. The Bertz CT molecular complexity index is 1080. The van der Waals surface area contributed by atoms with Crippen LogP contribution in [0, 0.1) is 13.8 Å². The van der Waals surface area contributed by atoms with Crippen LogP contribution >= 0.6 is 0 Å². The fraction of sp³-hybridized carbons (Fsp3) is 0.478. The van der Waals surface area contributed by atoms with Gasteiger partial charge in [0, 0.05) is 61.3 Å². The molecule has 3 aromatic rings. The number of hydrogen-bond acceptors (Lipinski definition) is 5. The Morgan fingerprint density at radius 1 is 1.27 bits per heavy atom. The summed E-state index contributed by atoms with van der Waals surface area (Å²) >= 11 is 0. The van der Waals surface area contributed by atoms with Crippen LogP contribution in [0.4, 0.5) is 0 Å². The van der Waals surface area contributed by atoms with Crippen LogP contribution in [0.1, 0.15) is 54.1 Å². The number of aromatic nitrogens is 4. The molecule has 2 saturated heterocycles. The highest BCUT2D eigenvalue weighted by atomic mass is 16.1. The maximum absolute atomic E-state index is 12.5. The molecule has 0 saturated carbocycles. The van der Waals surface area contributed by atoms with Gasteiger partial charge in [-0.3, -0.25) is 14.7 Å².